The van der Waals surface area contributed by atoms with Crippen LogP contribution in [-0.2, 0) is 0 Å². The van der Waals surface area contributed by atoms with Crippen LogP contribution >= 0.6 is 11.8 Å². The molecule has 1 aliphatic heterocycles. The maximum absolute atomic E-state index is 12.5. The van der Waals surface area contributed by atoms with Crippen LogP contribution < -0.4 is 5.32 Å². The number of carbonyl (C=O) groups is 1. The van der Waals surface area contributed by atoms with Gasteiger partial charge in [-0.15, -0.1) is 0 Å². The molecule has 1 aromatic heterocycles. The van der Waals surface area contributed by atoms with Crippen molar-refractivity contribution in [3.8, 4) is 0 Å². The van der Waals surface area contributed by atoms with E-state index in [0.717, 1.165) is 30.2 Å². The zero-order valence-corrected chi connectivity index (χ0v) is 11.7. The van der Waals surface area contributed by atoms with E-state index < -0.39 is 0 Å². The first-order chi connectivity index (χ1) is 8.74. The minimum atomic E-state index is 0.0616. The molecule has 4 nitrogen and oxygen atoms in total. The molecule has 0 aromatic carbocycles. The molecule has 0 bridgehead atoms. The quantitative estimate of drug-likeness (QED) is 0.905. The number of nitrogens with one attached hydrogen (secondary N) is 1. The van der Waals surface area contributed by atoms with Crippen LogP contribution in [0.3, 0.4) is 0 Å². The number of anilines is 1. The SMILES string of the molecule is CCNc1ccncc1C(=O)N(C)C1CCSC1. The summed E-state index contributed by atoms with van der Waals surface area (Å²) in [5.41, 5.74) is 1.54. The van der Waals surface area contributed by atoms with Crippen molar-refractivity contribution in [1.29, 1.82) is 0 Å². The predicted molar refractivity (Wildman–Crippen MR) is 76.2 cm³/mol. The highest BCUT2D eigenvalue weighted by atomic mass is 32.2. The number of hydrogen-bond acceptors (Lipinski definition) is 4. The summed E-state index contributed by atoms with van der Waals surface area (Å²) in [6.07, 6.45) is 4.45. The predicted octanol–water partition coefficient (Wildman–Crippen LogP) is 2.09. The highest BCUT2D eigenvalue weighted by molar-refractivity contribution is 7.99. The van der Waals surface area contributed by atoms with Gasteiger partial charge in [0.2, 0.25) is 0 Å². The third kappa shape index (κ3) is 2.77. The number of rotatable bonds is 4. The van der Waals surface area contributed by atoms with Gasteiger partial charge < -0.3 is 10.2 Å². The van der Waals surface area contributed by atoms with Gasteiger partial charge in [-0.25, -0.2) is 0 Å². The van der Waals surface area contributed by atoms with E-state index >= 15 is 0 Å². The fourth-order valence-electron chi connectivity index (χ4n) is 2.09. The van der Waals surface area contributed by atoms with Gasteiger partial charge in [-0.1, -0.05) is 0 Å². The lowest BCUT2D eigenvalue weighted by atomic mass is 10.1. The molecule has 5 heteroatoms. The van der Waals surface area contributed by atoms with E-state index in [1.54, 1.807) is 12.4 Å². The maximum atomic E-state index is 12.5. The van der Waals surface area contributed by atoms with Crippen LogP contribution in [0.1, 0.15) is 23.7 Å². The number of amides is 1. The minimum absolute atomic E-state index is 0.0616. The van der Waals surface area contributed by atoms with E-state index in [1.807, 2.05) is 36.7 Å². The number of aromatic nitrogens is 1. The Balaban J connectivity index is 2.16. The summed E-state index contributed by atoms with van der Waals surface area (Å²) in [7, 11) is 1.89. The summed E-state index contributed by atoms with van der Waals surface area (Å²) in [6, 6.07) is 2.21. The first kappa shape index (κ1) is 13.2. The third-order valence-corrected chi connectivity index (χ3v) is 4.34. The van der Waals surface area contributed by atoms with Gasteiger partial charge in [0.05, 0.1) is 11.3 Å². The normalized spacial score (nSPS) is 18.7. The van der Waals surface area contributed by atoms with Gasteiger partial charge in [0.1, 0.15) is 0 Å². The smallest absolute Gasteiger partial charge is 0.257 e. The van der Waals surface area contributed by atoms with Crippen molar-refractivity contribution < 1.29 is 4.79 Å². The van der Waals surface area contributed by atoms with Crippen molar-refractivity contribution in [2.24, 2.45) is 0 Å². The van der Waals surface area contributed by atoms with Gasteiger partial charge in [-0.2, -0.15) is 11.8 Å². The summed E-state index contributed by atoms with van der Waals surface area (Å²) in [5.74, 6) is 2.25. The second-order valence-corrected chi connectivity index (χ2v) is 5.53. The molecule has 1 amide bonds. The van der Waals surface area contributed by atoms with Crippen molar-refractivity contribution in [2.75, 3.05) is 30.4 Å². The Morgan fingerprint density at radius 3 is 3.17 bits per heavy atom. The second-order valence-electron chi connectivity index (χ2n) is 4.39. The van der Waals surface area contributed by atoms with Crippen molar-refractivity contribution in [2.45, 2.75) is 19.4 Å². The summed E-state index contributed by atoms with van der Waals surface area (Å²) >= 11 is 1.91. The lowest BCUT2D eigenvalue weighted by molar-refractivity contribution is 0.0748. The molecule has 0 aliphatic carbocycles. The number of pyridine rings is 1. The van der Waals surface area contributed by atoms with Crippen molar-refractivity contribution in [3.63, 3.8) is 0 Å². The molecule has 1 unspecified atom stereocenters. The lowest BCUT2D eigenvalue weighted by Gasteiger charge is -2.24. The summed E-state index contributed by atoms with van der Waals surface area (Å²) < 4.78 is 0. The maximum Gasteiger partial charge on any atom is 0.257 e. The molecule has 0 saturated carbocycles. The van der Waals surface area contributed by atoms with Crippen LogP contribution in [0.5, 0.6) is 0 Å². The van der Waals surface area contributed by atoms with Crippen LogP contribution in [0, 0.1) is 0 Å². The molecule has 1 atom stereocenters. The van der Waals surface area contributed by atoms with Gasteiger partial charge in [0, 0.05) is 37.8 Å². The van der Waals surface area contributed by atoms with Gasteiger partial charge in [0.25, 0.3) is 5.91 Å². The van der Waals surface area contributed by atoms with Gasteiger partial charge in [-0.3, -0.25) is 9.78 Å². The van der Waals surface area contributed by atoms with E-state index in [0.29, 0.717) is 11.6 Å². The lowest BCUT2D eigenvalue weighted by Crippen LogP contribution is -2.37. The van der Waals surface area contributed by atoms with Gasteiger partial charge in [-0.05, 0) is 25.2 Å². The van der Waals surface area contributed by atoms with E-state index in [-0.39, 0.29) is 5.91 Å². The van der Waals surface area contributed by atoms with Gasteiger partial charge >= 0.3 is 0 Å². The average Bonchev–Trinajstić information content (AvgIpc) is 2.92. The number of carbonyl (C=O) groups excluding carboxylic acids is 1. The third-order valence-electron chi connectivity index (χ3n) is 3.19. The monoisotopic (exact) mass is 265 g/mol. The fourth-order valence-corrected chi connectivity index (χ4v) is 3.36. The Morgan fingerprint density at radius 1 is 1.67 bits per heavy atom. The topological polar surface area (TPSA) is 45.2 Å². The standard InChI is InChI=1S/C13H19N3OS/c1-3-15-12-4-6-14-8-11(12)13(17)16(2)10-5-7-18-9-10/h4,6,8,10H,3,5,7,9H2,1-2H3,(H,14,15). The Morgan fingerprint density at radius 2 is 2.50 bits per heavy atom. The number of nitrogens with zero attached hydrogens (tertiary/aromatic N) is 2. The molecule has 2 rings (SSSR count). The van der Waals surface area contributed by atoms with E-state index in [1.165, 1.54) is 0 Å². The molecule has 18 heavy (non-hydrogen) atoms. The number of thioether (sulfide) groups is 1. The van der Waals surface area contributed by atoms with Crippen LogP contribution in [0.25, 0.3) is 0 Å². The zero-order chi connectivity index (χ0) is 13.0. The number of hydrogen-bond donors (Lipinski definition) is 1. The second kappa shape index (κ2) is 6.09. The molecule has 1 saturated heterocycles. The molecule has 98 valence electrons. The van der Waals surface area contributed by atoms with Crippen molar-refractivity contribution in [3.05, 3.63) is 24.0 Å². The van der Waals surface area contributed by atoms with Crippen LogP contribution in [0.4, 0.5) is 5.69 Å². The van der Waals surface area contributed by atoms with E-state index in [4.69, 9.17) is 0 Å². The molecule has 1 aromatic rings. The Bertz CT molecular complexity index is 418. The Kier molecular flexibility index (Phi) is 4.47. The van der Waals surface area contributed by atoms with Crippen molar-refractivity contribution in [1.82, 2.24) is 9.88 Å². The molecular weight excluding hydrogens is 246 g/mol. The molecule has 0 radical (unpaired) electrons. The largest absolute Gasteiger partial charge is 0.385 e. The highest BCUT2D eigenvalue weighted by Gasteiger charge is 2.25. The first-order valence-electron chi connectivity index (χ1n) is 6.26. The molecule has 0 spiro atoms. The minimum Gasteiger partial charge on any atom is -0.385 e. The Hall–Kier alpha value is -1.23. The molecule has 1 aliphatic rings. The average molecular weight is 265 g/mol. The van der Waals surface area contributed by atoms with Crippen LogP contribution in [0.2, 0.25) is 0 Å². The van der Waals surface area contributed by atoms with Crippen molar-refractivity contribution >= 4 is 23.4 Å². The molecule has 1 fully saturated rings. The molecule has 2 heterocycles. The first-order valence-corrected chi connectivity index (χ1v) is 7.42. The molecule has 1 N–H and O–H groups in total. The van der Waals surface area contributed by atoms with E-state index in [2.05, 4.69) is 10.3 Å². The summed E-state index contributed by atoms with van der Waals surface area (Å²) in [5, 5.41) is 3.21. The van der Waals surface area contributed by atoms with Crippen LogP contribution in [0.15, 0.2) is 18.5 Å². The van der Waals surface area contributed by atoms with Crippen LogP contribution in [-0.4, -0.2) is 46.9 Å². The Labute approximate surface area is 112 Å². The fraction of sp³-hybridized carbons (Fsp3) is 0.538. The zero-order valence-electron chi connectivity index (χ0n) is 10.8. The summed E-state index contributed by atoms with van der Waals surface area (Å²) in [6.45, 7) is 2.82. The molecular formula is C13H19N3OS. The highest BCUT2D eigenvalue weighted by Crippen LogP contribution is 2.24. The van der Waals surface area contributed by atoms with Gasteiger partial charge in [0.15, 0.2) is 0 Å². The summed E-state index contributed by atoms with van der Waals surface area (Å²) in [4.78, 5) is 18.4. The van der Waals surface area contributed by atoms with E-state index in [9.17, 15) is 4.79 Å².